The number of hydrogen-bond donors (Lipinski definition) is 1. The van der Waals surface area contributed by atoms with Gasteiger partial charge in [0.2, 0.25) is 0 Å². The lowest BCUT2D eigenvalue weighted by Gasteiger charge is -2.43. The second-order valence-electron chi connectivity index (χ2n) is 7.89. The Morgan fingerprint density at radius 2 is 1.92 bits per heavy atom. The Balaban J connectivity index is 2.31. The highest BCUT2D eigenvalue weighted by Gasteiger charge is 2.48. The van der Waals surface area contributed by atoms with E-state index in [4.69, 9.17) is 4.74 Å². The summed E-state index contributed by atoms with van der Waals surface area (Å²) in [6.45, 7) is 8.07. The Hall–Kier alpha value is -2.55. The number of nitrogens with zero attached hydrogens (tertiary/aromatic N) is 2. The van der Waals surface area contributed by atoms with Crippen molar-refractivity contribution in [3.8, 4) is 6.07 Å². The predicted octanol–water partition coefficient (Wildman–Crippen LogP) is 3.49. The van der Waals surface area contributed by atoms with Crippen LogP contribution >= 0.6 is 0 Å². The number of piperidine rings is 1. The molecule has 1 saturated heterocycles. The lowest BCUT2D eigenvalue weighted by Crippen LogP contribution is -2.51. The summed E-state index contributed by atoms with van der Waals surface area (Å²) in [4.78, 5) is 25.7. The van der Waals surface area contributed by atoms with Gasteiger partial charge in [-0.1, -0.05) is 29.8 Å². The van der Waals surface area contributed by atoms with E-state index in [1.165, 1.54) is 0 Å². The van der Waals surface area contributed by atoms with Gasteiger partial charge >= 0.3 is 12.1 Å². The van der Waals surface area contributed by atoms with E-state index in [0.717, 1.165) is 11.1 Å². The number of benzene rings is 1. The Kier molecular flexibility index (Phi) is 5.60. The van der Waals surface area contributed by atoms with Crippen molar-refractivity contribution < 1.29 is 19.4 Å². The number of amides is 1. The average molecular weight is 358 g/mol. The van der Waals surface area contributed by atoms with E-state index in [2.05, 4.69) is 0 Å². The monoisotopic (exact) mass is 358 g/mol. The lowest BCUT2D eigenvalue weighted by molar-refractivity contribution is -0.142. The molecular formula is C20H26N2O4. The van der Waals surface area contributed by atoms with Crippen molar-refractivity contribution in [1.82, 2.24) is 4.90 Å². The molecule has 6 heteroatoms. The molecule has 26 heavy (non-hydrogen) atoms. The van der Waals surface area contributed by atoms with Crippen LogP contribution in [0.15, 0.2) is 24.3 Å². The Bertz CT molecular complexity index is 722. The van der Waals surface area contributed by atoms with Gasteiger partial charge in [0.25, 0.3) is 0 Å². The van der Waals surface area contributed by atoms with Crippen LogP contribution in [0.25, 0.3) is 0 Å². The smallest absolute Gasteiger partial charge is 0.410 e. The first kappa shape index (κ1) is 19.8. The zero-order chi connectivity index (χ0) is 19.5. The van der Waals surface area contributed by atoms with E-state index < -0.39 is 29.0 Å². The molecule has 1 aromatic carbocycles. The number of carbonyl (C=O) groups excluding carboxylic acids is 1. The molecule has 2 rings (SSSR count). The molecule has 1 fully saturated rings. The molecule has 0 aliphatic carbocycles. The number of carboxylic acids is 1. The maximum atomic E-state index is 12.3. The summed E-state index contributed by atoms with van der Waals surface area (Å²) in [5.41, 5.74) is 0.456. The minimum absolute atomic E-state index is 0.355. The van der Waals surface area contributed by atoms with Crippen LogP contribution in [0, 0.1) is 24.2 Å². The fraction of sp³-hybridized carbons (Fsp3) is 0.550. The molecule has 1 atom stereocenters. The largest absolute Gasteiger partial charge is 0.480 e. The van der Waals surface area contributed by atoms with E-state index in [9.17, 15) is 20.0 Å². The fourth-order valence-electron chi connectivity index (χ4n) is 3.53. The third-order valence-corrected chi connectivity index (χ3v) is 4.83. The van der Waals surface area contributed by atoms with Crippen molar-refractivity contribution in [3.63, 3.8) is 0 Å². The van der Waals surface area contributed by atoms with Crippen LogP contribution in [0.3, 0.4) is 0 Å². The number of aliphatic carboxylic acids is 1. The van der Waals surface area contributed by atoms with Gasteiger partial charge < -0.3 is 14.7 Å². The van der Waals surface area contributed by atoms with E-state index in [1.807, 2.05) is 58.0 Å². The molecule has 1 unspecified atom stereocenters. The predicted molar refractivity (Wildman–Crippen MR) is 96.6 cm³/mol. The quantitative estimate of drug-likeness (QED) is 0.893. The van der Waals surface area contributed by atoms with Gasteiger partial charge in [0, 0.05) is 18.5 Å². The van der Waals surface area contributed by atoms with Crippen molar-refractivity contribution in [2.75, 3.05) is 13.1 Å². The first-order chi connectivity index (χ1) is 12.1. The van der Waals surface area contributed by atoms with E-state index in [0.29, 0.717) is 25.9 Å². The number of carboxylic acid groups (broad SMARTS) is 1. The maximum absolute atomic E-state index is 12.3. The molecule has 1 aromatic rings. The SMILES string of the molecule is Cc1cccc(C2(C(C#N)C(=O)O)CCN(C(=O)OC(C)(C)C)CC2)c1. The van der Waals surface area contributed by atoms with Crippen molar-refractivity contribution in [2.45, 2.75) is 51.6 Å². The molecule has 0 radical (unpaired) electrons. The van der Waals surface area contributed by atoms with Gasteiger partial charge in [-0.15, -0.1) is 0 Å². The summed E-state index contributed by atoms with van der Waals surface area (Å²) in [5, 5.41) is 19.2. The van der Waals surface area contributed by atoms with E-state index >= 15 is 0 Å². The first-order valence-electron chi connectivity index (χ1n) is 8.76. The summed E-state index contributed by atoms with van der Waals surface area (Å²) in [5.74, 6) is -2.29. The van der Waals surface area contributed by atoms with Crippen LogP contribution in [0.4, 0.5) is 4.79 Å². The number of likely N-dealkylation sites (tertiary alicyclic amines) is 1. The van der Waals surface area contributed by atoms with Crippen LogP contribution in [0.5, 0.6) is 0 Å². The third kappa shape index (κ3) is 4.16. The van der Waals surface area contributed by atoms with Crippen molar-refractivity contribution >= 4 is 12.1 Å². The second kappa shape index (κ2) is 7.36. The number of rotatable bonds is 3. The van der Waals surface area contributed by atoms with E-state index in [1.54, 1.807) is 4.90 Å². The van der Waals surface area contributed by atoms with Gasteiger partial charge in [-0.05, 0) is 46.1 Å². The molecule has 1 aliphatic rings. The van der Waals surface area contributed by atoms with Gasteiger partial charge in [-0.25, -0.2) is 4.79 Å². The van der Waals surface area contributed by atoms with Crippen LogP contribution in [-0.4, -0.2) is 40.8 Å². The highest BCUT2D eigenvalue weighted by atomic mass is 16.6. The number of hydrogen-bond acceptors (Lipinski definition) is 4. The Labute approximate surface area is 154 Å². The Morgan fingerprint density at radius 1 is 1.31 bits per heavy atom. The molecule has 140 valence electrons. The first-order valence-corrected chi connectivity index (χ1v) is 8.76. The standard InChI is InChI=1S/C20H26N2O4/c1-14-6-5-7-15(12-14)20(16(13-21)17(23)24)8-10-22(11-9-20)18(25)26-19(2,3)4/h5-7,12,16H,8-11H2,1-4H3,(H,23,24). The van der Waals surface area contributed by atoms with Gasteiger partial charge in [0.1, 0.15) is 5.60 Å². The molecule has 0 aromatic heterocycles. The molecule has 0 bridgehead atoms. The van der Waals surface area contributed by atoms with Crippen LogP contribution in [0.1, 0.15) is 44.7 Å². The number of carbonyl (C=O) groups is 2. The summed E-state index contributed by atoms with van der Waals surface area (Å²) in [6.07, 6.45) is 0.402. The minimum Gasteiger partial charge on any atom is -0.480 e. The maximum Gasteiger partial charge on any atom is 0.410 e. The molecular weight excluding hydrogens is 332 g/mol. The van der Waals surface area contributed by atoms with E-state index in [-0.39, 0.29) is 0 Å². The molecule has 1 heterocycles. The van der Waals surface area contributed by atoms with Gasteiger partial charge in [-0.3, -0.25) is 4.79 Å². The third-order valence-electron chi connectivity index (χ3n) is 4.83. The van der Waals surface area contributed by atoms with Gasteiger partial charge in [0.15, 0.2) is 5.92 Å². The van der Waals surface area contributed by atoms with Crippen molar-refractivity contribution in [3.05, 3.63) is 35.4 Å². The fourth-order valence-corrected chi connectivity index (χ4v) is 3.53. The molecule has 1 amide bonds. The van der Waals surface area contributed by atoms with Gasteiger partial charge in [0.05, 0.1) is 6.07 Å². The summed E-state index contributed by atoms with van der Waals surface area (Å²) < 4.78 is 5.41. The van der Waals surface area contributed by atoms with Gasteiger partial charge in [-0.2, -0.15) is 5.26 Å². The zero-order valence-electron chi connectivity index (χ0n) is 15.8. The molecule has 1 N–H and O–H groups in total. The van der Waals surface area contributed by atoms with Crippen molar-refractivity contribution in [1.29, 1.82) is 5.26 Å². The summed E-state index contributed by atoms with van der Waals surface area (Å²) in [7, 11) is 0. The molecule has 6 nitrogen and oxygen atoms in total. The second-order valence-corrected chi connectivity index (χ2v) is 7.89. The zero-order valence-corrected chi connectivity index (χ0v) is 15.8. The summed E-state index contributed by atoms with van der Waals surface area (Å²) >= 11 is 0. The summed E-state index contributed by atoms with van der Waals surface area (Å²) in [6, 6.07) is 9.61. The number of aryl methyl sites for hydroxylation is 1. The average Bonchev–Trinajstić information content (AvgIpc) is 2.54. The Morgan fingerprint density at radius 3 is 2.38 bits per heavy atom. The molecule has 0 spiro atoms. The lowest BCUT2D eigenvalue weighted by atomic mass is 9.64. The minimum atomic E-state index is -1.16. The number of nitriles is 1. The highest BCUT2D eigenvalue weighted by molar-refractivity contribution is 5.76. The number of ether oxygens (including phenoxy) is 1. The van der Waals surface area contributed by atoms with Crippen LogP contribution in [0.2, 0.25) is 0 Å². The molecule has 0 saturated carbocycles. The normalized spacial score (nSPS) is 17.9. The highest BCUT2D eigenvalue weighted by Crippen LogP contribution is 2.42. The van der Waals surface area contributed by atoms with Crippen molar-refractivity contribution in [2.24, 2.45) is 5.92 Å². The topological polar surface area (TPSA) is 90.6 Å². The molecule has 1 aliphatic heterocycles. The van der Waals surface area contributed by atoms with Crippen LogP contribution < -0.4 is 0 Å². The van der Waals surface area contributed by atoms with Crippen LogP contribution in [-0.2, 0) is 14.9 Å².